The molecule has 0 saturated carbocycles. The fourth-order valence-corrected chi connectivity index (χ4v) is 10.9. The van der Waals surface area contributed by atoms with Crippen LogP contribution in [0.4, 0.5) is 30.2 Å². The molecule has 0 radical (unpaired) electrons. The molecule has 6 heterocycles. The van der Waals surface area contributed by atoms with Gasteiger partial charge in [0, 0.05) is 81.4 Å². The number of carbonyl (C=O) groups is 3. The Bertz CT molecular complexity index is 2140. The molecule has 3 aromatic rings. The van der Waals surface area contributed by atoms with Gasteiger partial charge in [0.1, 0.15) is 6.04 Å². The third-order valence-corrected chi connectivity index (χ3v) is 14.8. The van der Waals surface area contributed by atoms with Gasteiger partial charge in [-0.15, -0.1) is 0 Å². The average Bonchev–Trinajstić information content (AvgIpc) is 3.59. The van der Waals surface area contributed by atoms with E-state index in [9.17, 15) is 27.6 Å². The number of imide groups is 1. The van der Waals surface area contributed by atoms with Gasteiger partial charge >= 0.3 is 6.18 Å². The predicted molar refractivity (Wildman–Crippen MR) is 224 cm³/mol. The minimum absolute atomic E-state index is 0.127. The summed E-state index contributed by atoms with van der Waals surface area (Å²) in [6, 6.07) is 20.2. The van der Waals surface area contributed by atoms with Crippen molar-refractivity contribution in [1.29, 1.82) is 5.26 Å². The molecule has 0 aromatic heterocycles. The summed E-state index contributed by atoms with van der Waals surface area (Å²) >= 11 is 0. The van der Waals surface area contributed by atoms with E-state index in [1.54, 1.807) is 17.0 Å². The number of fused-ring (bicyclic) bond motifs is 1. The van der Waals surface area contributed by atoms with E-state index < -0.39 is 17.8 Å². The predicted octanol–water partition coefficient (Wildman–Crippen LogP) is 7.32. The van der Waals surface area contributed by atoms with Crippen LogP contribution in [0.2, 0.25) is 0 Å². The fraction of sp³-hybridized carbons (Fsp3) is 0.532. The second-order valence-electron chi connectivity index (χ2n) is 18.2. The van der Waals surface area contributed by atoms with E-state index in [1.807, 2.05) is 17.0 Å². The summed E-state index contributed by atoms with van der Waals surface area (Å²) in [6.07, 6.45) is 5.10. The van der Waals surface area contributed by atoms with E-state index in [0.29, 0.717) is 54.6 Å². The van der Waals surface area contributed by atoms with Crippen LogP contribution in [0, 0.1) is 22.7 Å². The molecule has 316 valence electrons. The minimum Gasteiger partial charge on any atom is -0.372 e. The summed E-state index contributed by atoms with van der Waals surface area (Å²) in [5.74, 6) is 0.275. The summed E-state index contributed by atoms with van der Waals surface area (Å²) in [4.78, 5) is 48.6. The number of anilines is 3. The molecule has 3 amide bonds. The highest BCUT2D eigenvalue weighted by Gasteiger charge is 2.41. The second kappa shape index (κ2) is 16.4. The SMILES string of the molecule is N#Cc1ccc(N2CCC(c3ccc(N4CCC5(CCN(CC6CCN(c7ccc8c(c7)CN(C7CCC(=O)NC7=O)C8=O)CC6)CC5)CC4)cc3)CC2)cc1C(F)(F)F. The maximum Gasteiger partial charge on any atom is 0.417 e. The Balaban J connectivity index is 0.699. The first-order valence-corrected chi connectivity index (χ1v) is 21.9. The number of nitriles is 1. The molecule has 3 aromatic carbocycles. The maximum atomic E-state index is 13.5. The van der Waals surface area contributed by atoms with Gasteiger partial charge in [0.2, 0.25) is 11.8 Å². The highest BCUT2D eigenvalue weighted by atomic mass is 19.4. The van der Waals surface area contributed by atoms with E-state index in [1.165, 1.54) is 56.1 Å². The molecule has 6 aliphatic rings. The highest BCUT2D eigenvalue weighted by Crippen LogP contribution is 2.43. The Morgan fingerprint density at radius 3 is 1.97 bits per heavy atom. The van der Waals surface area contributed by atoms with Crippen LogP contribution in [0.5, 0.6) is 0 Å². The number of rotatable bonds is 7. The van der Waals surface area contributed by atoms with Gasteiger partial charge in [-0.1, -0.05) is 12.1 Å². The van der Waals surface area contributed by atoms with Crippen molar-refractivity contribution in [3.8, 4) is 6.07 Å². The Labute approximate surface area is 350 Å². The average molecular weight is 822 g/mol. The third kappa shape index (κ3) is 8.19. The van der Waals surface area contributed by atoms with Gasteiger partial charge in [0.25, 0.3) is 5.91 Å². The van der Waals surface area contributed by atoms with Crippen LogP contribution in [0.15, 0.2) is 60.7 Å². The number of likely N-dealkylation sites (tertiary alicyclic amines) is 1. The zero-order valence-corrected chi connectivity index (χ0v) is 34.2. The van der Waals surface area contributed by atoms with E-state index in [-0.39, 0.29) is 29.7 Å². The van der Waals surface area contributed by atoms with Crippen molar-refractivity contribution >= 4 is 34.8 Å². The topological polar surface area (TPSA) is 103 Å². The van der Waals surface area contributed by atoms with Crippen molar-refractivity contribution in [2.24, 2.45) is 11.3 Å². The lowest BCUT2D eigenvalue weighted by molar-refractivity contribution is -0.138. The molecule has 1 unspecified atom stereocenters. The molecule has 0 bridgehead atoms. The molecule has 1 spiro atoms. The molecule has 5 fully saturated rings. The Kier molecular flexibility index (Phi) is 11.0. The molecule has 1 N–H and O–H groups in total. The second-order valence-corrected chi connectivity index (χ2v) is 18.2. The van der Waals surface area contributed by atoms with Gasteiger partial charge < -0.3 is 24.5 Å². The molecule has 60 heavy (non-hydrogen) atoms. The van der Waals surface area contributed by atoms with Gasteiger partial charge in [0.15, 0.2) is 0 Å². The number of nitrogens with zero attached hydrogens (tertiary/aromatic N) is 6. The number of carbonyl (C=O) groups excluding carboxylic acids is 3. The standard InChI is InChI=1S/C47H54F3N7O3/c48-47(49,50)41-28-39(6-3-35(41)29-51)55-21-13-34(14-22-55)33-1-4-37(5-2-33)56-25-17-46(18-26-56)15-23-53(24-16-46)30-32-11-19-54(20-12-32)38-7-8-40-36(27-38)31-57(45(40)60)42-9-10-43(58)52-44(42)59/h1-8,27-28,32,34,42H,9-26,30-31H2,(H,52,58,59). The molecule has 5 saturated heterocycles. The third-order valence-electron chi connectivity index (χ3n) is 14.8. The number of hydrogen-bond donors (Lipinski definition) is 1. The molecule has 9 rings (SSSR count). The van der Waals surface area contributed by atoms with Crippen LogP contribution in [-0.4, -0.2) is 92.5 Å². The maximum absolute atomic E-state index is 13.5. The van der Waals surface area contributed by atoms with Crippen molar-refractivity contribution in [2.75, 3.05) is 73.6 Å². The number of halogens is 3. The van der Waals surface area contributed by atoms with Crippen molar-refractivity contribution in [1.82, 2.24) is 15.1 Å². The summed E-state index contributed by atoms with van der Waals surface area (Å²) in [5, 5.41) is 11.5. The number of alkyl halides is 3. The lowest BCUT2D eigenvalue weighted by atomic mass is 9.71. The number of benzene rings is 3. The van der Waals surface area contributed by atoms with Crippen LogP contribution in [0.25, 0.3) is 0 Å². The zero-order chi connectivity index (χ0) is 41.6. The van der Waals surface area contributed by atoms with Crippen molar-refractivity contribution in [3.63, 3.8) is 0 Å². The van der Waals surface area contributed by atoms with Gasteiger partial charge in [-0.25, -0.2) is 0 Å². The van der Waals surface area contributed by atoms with Crippen LogP contribution < -0.4 is 20.0 Å². The lowest BCUT2D eigenvalue weighted by Gasteiger charge is -2.48. The van der Waals surface area contributed by atoms with Crippen molar-refractivity contribution < 1.29 is 27.6 Å². The summed E-state index contributed by atoms with van der Waals surface area (Å²) < 4.78 is 40.6. The lowest BCUT2D eigenvalue weighted by Crippen LogP contribution is -2.52. The normalized spacial score (nSPS) is 23.2. The minimum atomic E-state index is -4.55. The van der Waals surface area contributed by atoms with Crippen LogP contribution in [0.1, 0.15) is 103 Å². The van der Waals surface area contributed by atoms with Crippen LogP contribution in [-0.2, 0) is 22.3 Å². The monoisotopic (exact) mass is 821 g/mol. The fourth-order valence-electron chi connectivity index (χ4n) is 10.9. The Morgan fingerprint density at radius 2 is 1.32 bits per heavy atom. The highest BCUT2D eigenvalue weighted by molar-refractivity contribution is 6.05. The quantitative estimate of drug-likeness (QED) is 0.248. The van der Waals surface area contributed by atoms with Crippen LogP contribution >= 0.6 is 0 Å². The Morgan fingerprint density at radius 1 is 0.717 bits per heavy atom. The van der Waals surface area contributed by atoms with Gasteiger partial charge in [0.05, 0.1) is 17.2 Å². The molecular weight excluding hydrogens is 768 g/mol. The van der Waals surface area contributed by atoms with E-state index in [2.05, 4.69) is 50.3 Å². The molecule has 13 heteroatoms. The smallest absolute Gasteiger partial charge is 0.372 e. The van der Waals surface area contributed by atoms with Gasteiger partial charge in [-0.2, -0.15) is 18.4 Å². The van der Waals surface area contributed by atoms with Crippen molar-refractivity contribution in [3.05, 3.63) is 88.5 Å². The van der Waals surface area contributed by atoms with Crippen LogP contribution in [0.3, 0.4) is 0 Å². The molecule has 1 atom stereocenters. The first kappa shape index (κ1) is 40.3. The molecule has 0 aliphatic carbocycles. The largest absolute Gasteiger partial charge is 0.417 e. The van der Waals surface area contributed by atoms with Crippen molar-refractivity contribution in [2.45, 2.75) is 88.9 Å². The van der Waals surface area contributed by atoms with E-state index in [4.69, 9.17) is 5.26 Å². The van der Waals surface area contributed by atoms with E-state index >= 15 is 0 Å². The summed E-state index contributed by atoms with van der Waals surface area (Å²) in [6.45, 7) is 9.41. The number of nitrogens with one attached hydrogen (secondary N) is 1. The number of hydrogen-bond acceptors (Lipinski definition) is 8. The number of amides is 3. The summed E-state index contributed by atoms with van der Waals surface area (Å²) in [5.41, 5.74) is 5.08. The Hall–Kier alpha value is -5.09. The zero-order valence-electron chi connectivity index (χ0n) is 34.2. The van der Waals surface area contributed by atoms with Gasteiger partial charge in [-0.05, 0) is 148 Å². The molecule has 10 nitrogen and oxygen atoms in total. The first-order chi connectivity index (χ1) is 28.9. The first-order valence-electron chi connectivity index (χ1n) is 21.9. The summed E-state index contributed by atoms with van der Waals surface area (Å²) in [7, 11) is 0. The number of piperidine rings is 5. The van der Waals surface area contributed by atoms with Gasteiger partial charge in [-0.3, -0.25) is 19.7 Å². The molecule has 6 aliphatic heterocycles. The van der Waals surface area contributed by atoms with E-state index in [0.717, 1.165) is 75.7 Å². The molecular formula is C47H54F3N7O3.